The number of nitrogens with one attached hydrogen (secondary N) is 1. The highest BCUT2D eigenvalue weighted by molar-refractivity contribution is 7.15. The van der Waals surface area contributed by atoms with Crippen LogP contribution in [0, 0.1) is 5.92 Å². The van der Waals surface area contributed by atoms with Crippen molar-refractivity contribution in [3.63, 3.8) is 0 Å². The summed E-state index contributed by atoms with van der Waals surface area (Å²) in [5, 5.41) is 11.8. The summed E-state index contributed by atoms with van der Waals surface area (Å²) in [7, 11) is 0. The van der Waals surface area contributed by atoms with Gasteiger partial charge in [0, 0.05) is 0 Å². The second kappa shape index (κ2) is 7.33. The first kappa shape index (κ1) is 18.2. The molecule has 2 heterocycles. The van der Waals surface area contributed by atoms with Crippen molar-refractivity contribution < 1.29 is 14.4 Å². The maximum atomic E-state index is 12.9. The summed E-state index contributed by atoms with van der Waals surface area (Å²) in [6, 6.07) is 5.73. The Morgan fingerprint density at radius 3 is 2.27 bits per heavy atom. The molecule has 0 saturated heterocycles. The number of hydrogen-bond donors (Lipinski definition) is 1. The van der Waals surface area contributed by atoms with Gasteiger partial charge in [-0.25, -0.2) is 0 Å². The van der Waals surface area contributed by atoms with Gasteiger partial charge in [-0.1, -0.05) is 50.7 Å². The number of benzene rings is 1. The quantitative estimate of drug-likeness (QED) is 0.787. The number of imide groups is 1. The first-order valence-corrected chi connectivity index (χ1v) is 9.39. The molecule has 2 aromatic rings. The van der Waals surface area contributed by atoms with E-state index in [1.165, 1.54) is 11.3 Å². The molecule has 2 unspecified atom stereocenters. The zero-order valence-corrected chi connectivity index (χ0v) is 15.7. The SMILES string of the molecule is CCc1nnc(NC(=O)C(C(C)CC)N2C(=O)c3ccccc3C2=O)s1. The number of fused-ring (bicyclic) bond motifs is 1. The second-order valence-electron chi connectivity index (χ2n) is 6.20. The molecular formula is C18H20N4O3S. The van der Waals surface area contributed by atoms with Crippen molar-refractivity contribution in [1.29, 1.82) is 0 Å². The monoisotopic (exact) mass is 372 g/mol. The van der Waals surface area contributed by atoms with E-state index < -0.39 is 23.8 Å². The van der Waals surface area contributed by atoms with E-state index in [-0.39, 0.29) is 5.92 Å². The minimum Gasteiger partial charge on any atom is -0.299 e. The predicted octanol–water partition coefficient (Wildman–Crippen LogP) is 2.75. The largest absolute Gasteiger partial charge is 0.299 e. The zero-order chi connectivity index (χ0) is 18.8. The van der Waals surface area contributed by atoms with Crippen LogP contribution in [-0.2, 0) is 11.2 Å². The molecule has 1 aromatic heterocycles. The van der Waals surface area contributed by atoms with Crippen molar-refractivity contribution in [2.45, 2.75) is 39.7 Å². The number of carbonyl (C=O) groups excluding carboxylic acids is 3. The van der Waals surface area contributed by atoms with Crippen LogP contribution in [0.5, 0.6) is 0 Å². The summed E-state index contributed by atoms with van der Waals surface area (Å²) >= 11 is 1.29. The van der Waals surface area contributed by atoms with Crippen molar-refractivity contribution in [3.05, 3.63) is 40.4 Å². The predicted molar refractivity (Wildman–Crippen MR) is 98.1 cm³/mol. The van der Waals surface area contributed by atoms with Crippen molar-refractivity contribution in [1.82, 2.24) is 15.1 Å². The number of aryl methyl sites for hydroxylation is 1. The fraction of sp³-hybridized carbons (Fsp3) is 0.389. The number of aromatic nitrogens is 2. The first-order chi connectivity index (χ1) is 12.5. The number of rotatable bonds is 6. The minimum absolute atomic E-state index is 0.198. The fourth-order valence-corrected chi connectivity index (χ4v) is 3.62. The highest BCUT2D eigenvalue weighted by Crippen LogP contribution is 2.29. The summed E-state index contributed by atoms with van der Waals surface area (Å²) in [6.45, 7) is 5.72. The van der Waals surface area contributed by atoms with E-state index >= 15 is 0 Å². The molecule has 1 N–H and O–H groups in total. The van der Waals surface area contributed by atoms with Gasteiger partial charge in [-0.2, -0.15) is 0 Å². The molecule has 0 spiro atoms. The molecule has 7 nitrogen and oxygen atoms in total. The molecule has 1 aliphatic rings. The zero-order valence-electron chi connectivity index (χ0n) is 14.9. The van der Waals surface area contributed by atoms with Crippen molar-refractivity contribution in [3.8, 4) is 0 Å². The van der Waals surface area contributed by atoms with Gasteiger partial charge >= 0.3 is 0 Å². The van der Waals surface area contributed by atoms with E-state index in [4.69, 9.17) is 0 Å². The van der Waals surface area contributed by atoms with Crippen LogP contribution in [0.3, 0.4) is 0 Å². The van der Waals surface area contributed by atoms with Crippen LogP contribution in [0.15, 0.2) is 24.3 Å². The van der Waals surface area contributed by atoms with E-state index in [0.29, 0.717) is 22.7 Å². The maximum absolute atomic E-state index is 12.9. The lowest BCUT2D eigenvalue weighted by Gasteiger charge is -2.29. The van der Waals surface area contributed by atoms with Gasteiger partial charge in [0.25, 0.3) is 11.8 Å². The number of amides is 3. The molecule has 0 aliphatic carbocycles. The number of nitrogens with zero attached hydrogens (tertiary/aromatic N) is 3. The van der Waals surface area contributed by atoms with Gasteiger partial charge in [0.15, 0.2) is 0 Å². The Balaban J connectivity index is 1.90. The highest BCUT2D eigenvalue weighted by atomic mass is 32.1. The molecule has 26 heavy (non-hydrogen) atoms. The summed E-state index contributed by atoms with van der Waals surface area (Å²) in [4.78, 5) is 39.6. The molecule has 0 radical (unpaired) electrons. The fourth-order valence-electron chi connectivity index (χ4n) is 2.94. The Hall–Kier alpha value is -2.61. The third-order valence-electron chi connectivity index (χ3n) is 4.55. The van der Waals surface area contributed by atoms with E-state index in [0.717, 1.165) is 16.3 Å². The smallest absolute Gasteiger partial charge is 0.262 e. The second-order valence-corrected chi connectivity index (χ2v) is 7.26. The normalized spacial score (nSPS) is 15.7. The minimum atomic E-state index is -0.902. The summed E-state index contributed by atoms with van der Waals surface area (Å²) in [6.07, 6.45) is 1.36. The molecular weight excluding hydrogens is 352 g/mol. The van der Waals surface area contributed by atoms with E-state index in [1.54, 1.807) is 24.3 Å². The topological polar surface area (TPSA) is 92.3 Å². The summed E-state index contributed by atoms with van der Waals surface area (Å²) in [5.41, 5.74) is 0.672. The average Bonchev–Trinajstić information content (AvgIpc) is 3.20. The Morgan fingerprint density at radius 1 is 1.15 bits per heavy atom. The van der Waals surface area contributed by atoms with Gasteiger partial charge in [0.05, 0.1) is 11.1 Å². The molecule has 1 aromatic carbocycles. The molecule has 3 rings (SSSR count). The van der Waals surface area contributed by atoms with Gasteiger partial charge in [-0.3, -0.25) is 24.6 Å². The standard InChI is InChI=1S/C18H20N4O3S/c1-4-10(3)14(15(23)19-18-21-20-13(5-2)26-18)22-16(24)11-8-6-7-9-12(11)17(22)25/h6-10,14H,4-5H2,1-3H3,(H,19,21,23). The van der Waals surface area contributed by atoms with Crippen LogP contribution in [0.2, 0.25) is 0 Å². The van der Waals surface area contributed by atoms with E-state index in [2.05, 4.69) is 15.5 Å². The van der Waals surface area contributed by atoms with Gasteiger partial charge in [-0.05, 0) is 24.5 Å². The third kappa shape index (κ3) is 3.12. The van der Waals surface area contributed by atoms with E-state index in [1.807, 2.05) is 20.8 Å². The lowest BCUT2D eigenvalue weighted by atomic mass is 9.96. The lowest BCUT2D eigenvalue weighted by molar-refractivity contribution is -0.121. The van der Waals surface area contributed by atoms with Gasteiger partial charge in [0.2, 0.25) is 11.0 Å². The van der Waals surface area contributed by atoms with Crippen molar-refractivity contribution in [2.75, 3.05) is 5.32 Å². The summed E-state index contributed by atoms with van der Waals surface area (Å²) < 4.78 is 0. The molecule has 3 amide bonds. The molecule has 1 aliphatic heterocycles. The highest BCUT2D eigenvalue weighted by Gasteiger charge is 2.44. The lowest BCUT2D eigenvalue weighted by Crippen LogP contribution is -2.50. The van der Waals surface area contributed by atoms with Crippen LogP contribution in [0.25, 0.3) is 0 Å². The van der Waals surface area contributed by atoms with Gasteiger partial charge < -0.3 is 0 Å². The van der Waals surface area contributed by atoms with Crippen LogP contribution >= 0.6 is 11.3 Å². The molecule has 2 atom stereocenters. The average molecular weight is 372 g/mol. The number of anilines is 1. The van der Waals surface area contributed by atoms with Crippen LogP contribution in [0.1, 0.15) is 52.9 Å². The van der Waals surface area contributed by atoms with Gasteiger partial charge in [0.1, 0.15) is 11.0 Å². The molecule has 0 fully saturated rings. The number of carbonyl (C=O) groups is 3. The van der Waals surface area contributed by atoms with Crippen molar-refractivity contribution in [2.24, 2.45) is 5.92 Å². The summed E-state index contributed by atoms with van der Waals surface area (Å²) in [5.74, 6) is -1.49. The number of hydrogen-bond acceptors (Lipinski definition) is 6. The van der Waals surface area contributed by atoms with Crippen LogP contribution < -0.4 is 5.32 Å². The molecule has 0 bridgehead atoms. The molecule has 8 heteroatoms. The van der Waals surface area contributed by atoms with Crippen molar-refractivity contribution >= 4 is 34.2 Å². The Bertz CT molecular complexity index is 829. The molecule has 0 saturated carbocycles. The first-order valence-electron chi connectivity index (χ1n) is 8.58. The Labute approximate surface area is 155 Å². The van der Waals surface area contributed by atoms with E-state index in [9.17, 15) is 14.4 Å². The van der Waals surface area contributed by atoms with Crippen LogP contribution in [-0.4, -0.2) is 38.9 Å². The van der Waals surface area contributed by atoms with Gasteiger partial charge in [-0.15, -0.1) is 10.2 Å². The maximum Gasteiger partial charge on any atom is 0.262 e. The Kier molecular flexibility index (Phi) is 5.13. The Morgan fingerprint density at radius 2 is 1.77 bits per heavy atom. The third-order valence-corrected chi connectivity index (χ3v) is 5.54. The molecule has 136 valence electrons. The van der Waals surface area contributed by atoms with Crippen LogP contribution in [0.4, 0.5) is 5.13 Å².